The van der Waals surface area contributed by atoms with Gasteiger partial charge in [-0.3, -0.25) is 0 Å². The maximum absolute atomic E-state index is 13.4. The van der Waals surface area contributed by atoms with Crippen LogP contribution >= 0.6 is 15.9 Å². The summed E-state index contributed by atoms with van der Waals surface area (Å²) in [6.45, 7) is 4.01. The highest BCUT2D eigenvalue weighted by Gasteiger charge is 2.16. The Bertz CT molecular complexity index is 581. The maximum atomic E-state index is 13.4. The Hall–Kier alpha value is -1.19. The Labute approximate surface area is 114 Å². The van der Waals surface area contributed by atoms with E-state index >= 15 is 0 Å². The number of aliphatic hydroxyl groups is 1. The second kappa shape index (κ2) is 5.21. The molecule has 0 aromatic heterocycles. The van der Waals surface area contributed by atoms with Gasteiger partial charge in [-0.05, 0) is 52.5 Å². The number of rotatable bonds is 2. The van der Waals surface area contributed by atoms with Gasteiger partial charge in [0.05, 0.1) is 4.47 Å². The molecule has 0 aliphatic carbocycles. The van der Waals surface area contributed by atoms with E-state index in [0.29, 0.717) is 10.0 Å². The van der Waals surface area contributed by atoms with E-state index in [1.165, 1.54) is 11.6 Å². The Morgan fingerprint density at radius 3 is 2.50 bits per heavy atom. The highest BCUT2D eigenvalue weighted by Crippen LogP contribution is 2.30. The van der Waals surface area contributed by atoms with Gasteiger partial charge >= 0.3 is 0 Å². The summed E-state index contributed by atoms with van der Waals surface area (Å²) in [4.78, 5) is 0. The lowest BCUT2D eigenvalue weighted by Gasteiger charge is -2.15. The van der Waals surface area contributed by atoms with Crippen LogP contribution in [0.5, 0.6) is 0 Å². The summed E-state index contributed by atoms with van der Waals surface area (Å²) < 4.78 is 13.8. The maximum Gasteiger partial charge on any atom is 0.137 e. The largest absolute Gasteiger partial charge is 0.384 e. The van der Waals surface area contributed by atoms with Crippen LogP contribution in [0, 0.1) is 19.7 Å². The zero-order chi connectivity index (χ0) is 13.3. The molecule has 0 aliphatic heterocycles. The number of hydrogen-bond acceptors (Lipinski definition) is 1. The van der Waals surface area contributed by atoms with Crippen LogP contribution in [0.4, 0.5) is 4.39 Å². The second-order valence-electron chi connectivity index (χ2n) is 4.39. The predicted octanol–water partition coefficient (Wildman–Crippen LogP) is 4.29. The van der Waals surface area contributed by atoms with Gasteiger partial charge in [0, 0.05) is 5.56 Å². The lowest BCUT2D eigenvalue weighted by molar-refractivity contribution is 0.219. The van der Waals surface area contributed by atoms with E-state index in [9.17, 15) is 9.50 Å². The van der Waals surface area contributed by atoms with Crippen LogP contribution < -0.4 is 0 Å². The molecule has 2 rings (SSSR count). The van der Waals surface area contributed by atoms with E-state index in [1.807, 2.05) is 32.0 Å². The minimum atomic E-state index is -0.825. The highest BCUT2D eigenvalue weighted by atomic mass is 79.9. The third kappa shape index (κ3) is 2.47. The molecule has 1 unspecified atom stereocenters. The summed E-state index contributed by atoms with van der Waals surface area (Å²) in [7, 11) is 0. The van der Waals surface area contributed by atoms with Crippen LogP contribution in [-0.2, 0) is 0 Å². The molecule has 0 aliphatic rings. The molecule has 0 heterocycles. The van der Waals surface area contributed by atoms with Gasteiger partial charge in [0.15, 0.2) is 0 Å². The Morgan fingerprint density at radius 2 is 1.83 bits per heavy atom. The predicted molar refractivity (Wildman–Crippen MR) is 74.1 cm³/mol. The van der Waals surface area contributed by atoms with Crippen LogP contribution in [0.25, 0.3) is 0 Å². The van der Waals surface area contributed by atoms with E-state index in [0.717, 1.165) is 11.1 Å². The number of halogens is 2. The molecular weight excluding hydrogens is 295 g/mol. The van der Waals surface area contributed by atoms with E-state index in [2.05, 4.69) is 15.9 Å². The van der Waals surface area contributed by atoms with Crippen molar-refractivity contribution in [2.45, 2.75) is 20.0 Å². The highest BCUT2D eigenvalue weighted by molar-refractivity contribution is 9.10. The van der Waals surface area contributed by atoms with Crippen molar-refractivity contribution in [1.82, 2.24) is 0 Å². The lowest BCUT2D eigenvalue weighted by Crippen LogP contribution is -2.02. The molecule has 0 radical (unpaired) electrons. The summed E-state index contributed by atoms with van der Waals surface area (Å²) in [5.74, 6) is -0.365. The van der Waals surface area contributed by atoms with Gasteiger partial charge < -0.3 is 5.11 Å². The van der Waals surface area contributed by atoms with Crippen LogP contribution in [0.15, 0.2) is 40.9 Å². The molecule has 2 aromatic carbocycles. The average Bonchev–Trinajstić information content (AvgIpc) is 2.35. The molecule has 0 saturated heterocycles. The average molecular weight is 309 g/mol. The molecule has 18 heavy (non-hydrogen) atoms. The van der Waals surface area contributed by atoms with Crippen LogP contribution in [0.3, 0.4) is 0 Å². The number of aryl methyl sites for hydroxylation is 2. The van der Waals surface area contributed by atoms with Gasteiger partial charge in [-0.2, -0.15) is 0 Å². The first-order valence-corrected chi connectivity index (χ1v) is 6.49. The summed E-state index contributed by atoms with van der Waals surface area (Å²) in [6.07, 6.45) is -0.825. The number of hydrogen-bond donors (Lipinski definition) is 1. The summed E-state index contributed by atoms with van der Waals surface area (Å²) in [5.41, 5.74) is 3.59. The molecule has 94 valence electrons. The minimum Gasteiger partial charge on any atom is -0.384 e. The molecule has 0 bridgehead atoms. The third-order valence-electron chi connectivity index (χ3n) is 3.12. The summed E-state index contributed by atoms with van der Waals surface area (Å²) >= 11 is 3.18. The van der Waals surface area contributed by atoms with Crippen molar-refractivity contribution >= 4 is 15.9 Å². The van der Waals surface area contributed by atoms with Crippen LogP contribution in [0.1, 0.15) is 28.4 Å². The van der Waals surface area contributed by atoms with Crippen molar-refractivity contribution in [3.05, 3.63) is 68.9 Å². The fourth-order valence-electron chi connectivity index (χ4n) is 1.85. The second-order valence-corrected chi connectivity index (χ2v) is 5.18. The standard InChI is InChI=1S/C15H14BrFO/c1-9-6-7-11(8-10(9)2)15(18)12-4-3-5-13(17)14(12)16/h3-8,15,18H,1-2H3. The first-order chi connectivity index (χ1) is 8.50. The van der Waals surface area contributed by atoms with Crippen molar-refractivity contribution < 1.29 is 9.50 Å². The lowest BCUT2D eigenvalue weighted by atomic mass is 9.98. The zero-order valence-corrected chi connectivity index (χ0v) is 11.8. The van der Waals surface area contributed by atoms with Crippen molar-refractivity contribution in [3.8, 4) is 0 Å². The quantitative estimate of drug-likeness (QED) is 0.877. The summed E-state index contributed by atoms with van der Waals surface area (Å²) in [6, 6.07) is 10.4. The topological polar surface area (TPSA) is 20.2 Å². The van der Waals surface area contributed by atoms with Crippen molar-refractivity contribution in [2.75, 3.05) is 0 Å². The van der Waals surface area contributed by atoms with Crippen molar-refractivity contribution in [3.63, 3.8) is 0 Å². The molecule has 1 atom stereocenters. The minimum absolute atomic E-state index is 0.315. The molecular formula is C15H14BrFO. The van der Waals surface area contributed by atoms with Crippen molar-refractivity contribution in [2.24, 2.45) is 0 Å². The molecule has 0 spiro atoms. The monoisotopic (exact) mass is 308 g/mol. The van der Waals surface area contributed by atoms with E-state index in [-0.39, 0.29) is 5.82 Å². The van der Waals surface area contributed by atoms with Gasteiger partial charge in [-0.1, -0.05) is 30.3 Å². The number of benzene rings is 2. The van der Waals surface area contributed by atoms with Gasteiger partial charge in [-0.15, -0.1) is 0 Å². The van der Waals surface area contributed by atoms with E-state index in [4.69, 9.17) is 0 Å². The molecule has 3 heteroatoms. The fraction of sp³-hybridized carbons (Fsp3) is 0.200. The smallest absolute Gasteiger partial charge is 0.137 e. The Kier molecular flexibility index (Phi) is 3.83. The zero-order valence-electron chi connectivity index (χ0n) is 10.2. The third-order valence-corrected chi connectivity index (χ3v) is 3.96. The molecule has 1 nitrogen and oxygen atoms in total. The normalized spacial score (nSPS) is 12.5. The Balaban J connectivity index is 2.44. The van der Waals surface area contributed by atoms with Gasteiger partial charge in [-0.25, -0.2) is 4.39 Å². The van der Waals surface area contributed by atoms with Crippen molar-refractivity contribution in [1.29, 1.82) is 0 Å². The molecule has 1 N–H and O–H groups in total. The molecule has 0 saturated carbocycles. The van der Waals surface area contributed by atoms with Gasteiger partial charge in [0.25, 0.3) is 0 Å². The SMILES string of the molecule is Cc1ccc(C(O)c2cccc(F)c2Br)cc1C. The Morgan fingerprint density at radius 1 is 1.11 bits per heavy atom. The van der Waals surface area contributed by atoms with E-state index < -0.39 is 6.10 Å². The van der Waals surface area contributed by atoms with Crippen LogP contribution in [-0.4, -0.2) is 5.11 Å². The van der Waals surface area contributed by atoms with Gasteiger partial charge in [0.1, 0.15) is 11.9 Å². The first-order valence-electron chi connectivity index (χ1n) is 5.70. The van der Waals surface area contributed by atoms with Crippen LogP contribution in [0.2, 0.25) is 0 Å². The molecule has 2 aromatic rings. The fourth-order valence-corrected chi connectivity index (χ4v) is 2.33. The summed E-state index contributed by atoms with van der Waals surface area (Å²) in [5, 5.41) is 10.3. The number of aliphatic hydroxyl groups excluding tert-OH is 1. The van der Waals surface area contributed by atoms with Gasteiger partial charge in [0.2, 0.25) is 0 Å². The first kappa shape index (κ1) is 13.2. The molecule has 0 fully saturated rings. The molecule has 0 amide bonds. The van der Waals surface area contributed by atoms with E-state index in [1.54, 1.807) is 12.1 Å².